The molecule has 2 fully saturated rings. The number of ketones is 2. The Hall–Kier alpha value is -2.88. The molecule has 0 radical (unpaired) electrons. The van der Waals surface area contributed by atoms with Crippen LogP contribution in [0.3, 0.4) is 0 Å². The molecule has 0 aromatic carbocycles. The van der Waals surface area contributed by atoms with Gasteiger partial charge in [0.25, 0.3) is 0 Å². The summed E-state index contributed by atoms with van der Waals surface area (Å²) in [5, 5.41) is 20.0. The maximum absolute atomic E-state index is 13.2. The van der Waals surface area contributed by atoms with Crippen LogP contribution in [0.4, 0.5) is 0 Å². The molecule has 1 amide bonds. The number of esters is 1. The predicted molar refractivity (Wildman–Crippen MR) is 245 cm³/mol. The minimum absolute atomic E-state index is 0.0220. The second-order valence-electron chi connectivity index (χ2n) is 17.9. The van der Waals surface area contributed by atoms with Gasteiger partial charge in [0.15, 0.2) is 0 Å². The van der Waals surface area contributed by atoms with Crippen LogP contribution in [-0.2, 0) is 23.9 Å². The molecule has 2 aliphatic heterocycles. The lowest BCUT2D eigenvalue weighted by atomic mass is 9.64. The summed E-state index contributed by atoms with van der Waals surface area (Å²) in [5.74, 6) is 0.623. The number of rotatable bonds is 25. The standard InChI is InChI=1S/C26H48N2O4.C22H34O3.C2H6/c1-7-9-20(29)15-13-18(4)16-32-25(31)22-11-8-10-21-23(24(30)28(21)22)26(6,27)19(5)14-12-17(2)3;1-6-17(2)12-10-8-7-9-11-13-18(3)21(24)16-22(25)19(4)14-15-20(5)23;1-2/h17-23,29H,7-16,27H2,1-6H3;7-10,12,14,18,22,25H,6,11,13,15-16H2,1-5H3;1-2H3/b;9-7+,10-8+,17-12+,19-14+;. The second kappa shape index (κ2) is 30.2. The van der Waals surface area contributed by atoms with Gasteiger partial charge in [0.1, 0.15) is 17.6 Å². The Morgan fingerprint density at radius 1 is 0.915 bits per heavy atom. The first kappa shape index (κ1) is 56.1. The van der Waals surface area contributed by atoms with Crippen LogP contribution in [0.25, 0.3) is 0 Å². The Morgan fingerprint density at radius 3 is 2.17 bits per heavy atom. The number of nitrogens with zero attached hydrogens (tertiary/aromatic N) is 1. The van der Waals surface area contributed by atoms with E-state index in [1.165, 1.54) is 12.5 Å². The highest BCUT2D eigenvalue weighted by atomic mass is 16.5. The maximum Gasteiger partial charge on any atom is 0.328 e. The highest BCUT2D eigenvalue weighted by Gasteiger charge is 2.60. The summed E-state index contributed by atoms with van der Waals surface area (Å²) in [5.41, 5.74) is 8.24. The van der Waals surface area contributed by atoms with Crippen LogP contribution in [0.5, 0.6) is 0 Å². The van der Waals surface area contributed by atoms with Crippen molar-refractivity contribution in [2.75, 3.05) is 6.61 Å². The van der Waals surface area contributed by atoms with E-state index in [0.29, 0.717) is 30.9 Å². The van der Waals surface area contributed by atoms with Crippen LogP contribution in [-0.4, -0.2) is 75.0 Å². The monoisotopic (exact) mass is 829 g/mol. The topological polar surface area (TPSA) is 147 Å². The molecule has 2 saturated heterocycles. The Kier molecular flexibility index (Phi) is 28.7. The fraction of sp³-hybridized carbons (Fsp3) is 0.760. The van der Waals surface area contributed by atoms with Crippen LogP contribution in [0, 0.1) is 29.6 Å². The average molecular weight is 829 g/mol. The molecule has 340 valence electrons. The van der Waals surface area contributed by atoms with Crippen LogP contribution >= 0.6 is 0 Å². The summed E-state index contributed by atoms with van der Waals surface area (Å²) >= 11 is 0. The van der Waals surface area contributed by atoms with Gasteiger partial charge in [-0.1, -0.05) is 117 Å². The number of hydrogen-bond donors (Lipinski definition) is 3. The van der Waals surface area contributed by atoms with Gasteiger partial charge in [-0.2, -0.15) is 0 Å². The number of fused-ring (bicyclic) bond motifs is 1. The van der Waals surface area contributed by atoms with Gasteiger partial charge in [-0.3, -0.25) is 14.4 Å². The van der Waals surface area contributed by atoms with Crippen molar-refractivity contribution in [3.63, 3.8) is 0 Å². The number of allylic oxidation sites excluding steroid dienone is 7. The zero-order chi connectivity index (χ0) is 45.3. The minimum atomic E-state index is -0.790. The van der Waals surface area contributed by atoms with Crippen molar-refractivity contribution >= 4 is 23.4 Å². The van der Waals surface area contributed by atoms with E-state index in [1.807, 2.05) is 52.8 Å². The fourth-order valence-electron chi connectivity index (χ4n) is 7.47. The number of carbonyl (C=O) groups is 4. The Bertz CT molecular complexity index is 1360. The van der Waals surface area contributed by atoms with Crippen LogP contribution < -0.4 is 5.73 Å². The Balaban J connectivity index is 0.00000113. The normalized spacial score (nSPS) is 21.9. The second-order valence-corrected chi connectivity index (χ2v) is 17.9. The van der Waals surface area contributed by atoms with Gasteiger partial charge in [0.2, 0.25) is 5.91 Å². The number of aliphatic hydroxyl groups excluding tert-OH is 2. The highest BCUT2D eigenvalue weighted by Crippen LogP contribution is 2.45. The molecule has 0 bridgehead atoms. The molecule has 9 unspecified atom stereocenters. The lowest BCUT2D eigenvalue weighted by Gasteiger charge is -2.58. The highest BCUT2D eigenvalue weighted by molar-refractivity contribution is 5.92. The molecular weight excluding hydrogens is 741 g/mol. The van der Waals surface area contributed by atoms with Crippen LogP contribution in [0.2, 0.25) is 0 Å². The molecular formula is C50H88N2O7. The molecule has 4 N–H and O–H groups in total. The number of aliphatic hydroxyl groups is 2. The molecule has 2 heterocycles. The van der Waals surface area contributed by atoms with Crippen molar-refractivity contribution in [2.24, 2.45) is 35.3 Å². The largest absolute Gasteiger partial charge is 0.464 e. The zero-order valence-electron chi connectivity index (χ0n) is 39.7. The molecule has 0 aromatic rings. The van der Waals surface area contributed by atoms with Gasteiger partial charge in [0, 0.05) is 30.3 Å². The number of carbonyl (C=O) groups excluding carboxylic acids is 4. The summed E-state index contributed by atoms with van der Waals surface area (Å²) in [4.78, 5) is 50.9. The van der Waals surface area contributed by atoms with E-state index in [4.69, 9.17) is 10.5 Å². The SMILES string of the molecule is CC.CC/C(C)=C/C=C/C=C/CCC(C)C(=O)CC(O)/C(C)=C/CC(C)=O.CCCC(O)CCC(C)COC(=O)C1CCCC2C(C(C)(N)C(C)CCC(C)C)C(=O)N12. The predicted octanol–water partition coefficient (Wildman–Crippen LogP) is 10.4. The number of ether oxygens (including phenoxy) is 1. The van der Waals surface area contributed by atoms with Crippen molar-refractivity contribution in [3.8, 4) is 0 Å². The molecule has 2 aliphatic rings. The molecule has 9 heteroatoms. The quantitative estimate of drug-likeness (QED) is 0.0357. The van der Waals surface area contributed by atoms with Crippen molar-refractivity contribution in [1.29, 1.82) is 0 Å². The number of β-lactam (4-membered cyclic amide) rings is 1. The van der Waals surface area contributed by atoms with Gasteiger partial charge < -0.3 is 25.6 Å². The van der Waals surface area contributed by atoms with Crippen molar-refractivity contribution in [1.82, 2.24) is 4.90 Å². The lowest BCUT2D eigenvalue weighted by molar-refractivity contribution is -0.183. The minimum Gasteiger partial charge on any atom is -0.464 e. The molecule has 59 heavy (non-hydrogen) atoms. The van der Waals surface area contributed by atoms with E-state index in [2.05, 4.69) is 53.7 Å². The van der Waals surface area contributed by atoms with Gasteiger partial charge in [0.05, 0.1) is 24.7 Å². The summed E-state index contributed by atoms with van der Waals surface area (Å²) in [6, 6.07) is -0.427. The summed E-state index contributed by atoms with van der Waals surface area (Å²) < 4.78 is 5.62. The third-order valence-electron chi connectivity index (χ3n) is 12.1. The fourth-order valence-corrected chi connectivity index (χ4v) is 7.47. The van der Waals surface area contributed by atoms with Crippen molar-refractivity contribution < 1.29 is 34.1 Å². The zero-order valence-corrected chi connectivity index (χ0v) is 39.7. The van der Waals surface area contributed by atoms with Crippen LogP contribution in [0.1, 0.15) is 180 Å². The Labute approximate surface area is 360 Å². The third-order valence-corrected chi connectivity index (χ3v) is 12.1. The summed E-state index contributed by atoms with van der Waals surface area (Å²) in [6.45, 7) is 26.4. The van der Waals surface area contributed by atoms with E-state index in [9.17, 15) is 29.4 Å². The van der Waals surface area contributed by atoms with Gasteiger partial charge in [-0.15, -0.1) is 0 Å². The summed E-state index contributed by atoms with van der Waals surface area (Å²) in [6.07, 6.45) is 21.9. The smallest absolute Gasteiger partial charge is 0.328 e. The Morgan fingerprint density at radius 2 is 1.58 bits per heavy atom. The molecule has 0 aliphatic carbocycles. The number of piperidine rings is 1. The number of nitrogens with two attached hydrogens (primary N) is 1. The average Bonchev–Trinajstić information content (AvgIpc) is 3.19. The van der Waals surface area contributed by atoms with E-state index in [0.717, 1.165) is 70.6 Å². The first-order valence-corrected chi connectivity index (χ1v) is 23.1. The first-order valence-electron chi connectivity index (χ1n) is 23.1. The lowest BCUT2D eigenvalue weighted by Crippen LogP contribution is -2.75. The van der Waals surface area contributed by atoms with E-state index in [-0.39, 0.29) is 65.7 Å². The van der Waals surface area contributed by atoms with Crippen molar-refractivity contribution in [3.05, 3.63) is 47.6 Å². The van der Waals surface area contributed by atoms with Gasteiger partial charge >= 0.3 is 5.97 Å². The first-order chi connectivity index (χ1) is 27.8. The van der Waals surface area contributed by atoms with Gasteiger partial charge in [-0.05, 0) is 115 Å². The summed E-state index contributed by atoms with van der Waals surface area (Å²) in [7, 11) is 0. The van der Waals surface area contributed by atoms with E-state index in [1.54, 1.807) is 17.9 Å². The maximum atomic E-state index is 13.2. The third kappa shape index (κ3) is 21.0. The number of Topliss-reactive ketones (excluding diaryl/α,β-unsaturated/α-hetero) is 2. The molecule has 9 atom stereocenters. The molecule has 0 saturated carbocycles. The molecule has 0 spiro atoms. The van der Waals surface area contributed by atoms with E-state index < -0.39 is 17.7 Å². The molecule has 2 rings (SSSR count). The van der Waals surface area contributed by atoms with Crippen LogP contribution in [0.15, 0.2) is 47.6 Å². The molecule has 9 nitrogen and oxygen atoms in total. The van der Waals surface area contributed by atoms with E-state index >= 15 is 0 Å². The molecule has 0 aromatic heterocycles. The number of amides is 1. The number of hydrogen-bond acceptors (Lipinski definition) is 8. The van der Waals surface area contributed by atoms with Gasteiger partial charge in [-0.25, -0.2) is 4.79 Å². The van der Waals surface area contributed by atoms with Crippen molar-refractivity contribution in [2.45, 2.75) is 210 Å².